The number of nitrogens with one attached hydrogen (secondary N) is 1. The van der Waals surface area contributed by atoms with Crippen LogP contribution in [0.25, 0.3) is 0 Å². The van der Waals surface area contributed by atoms with Crippen molar-refractivity contribution in [2.45, 2.75) is 12.8 Å². The summed E-state index contributed by atoms with van der Waals surface area (Å²) in [5.41, 5.74) is 1.16. The van der Waals surface area contributed by atoms with Crippen LogP contribution in [0.1, 0.15) is 12.0 Å². The van der Waals surface area contributed by atoms with Crippen molar-refractivity contribution >= 4 is 17.5 Å². The molecule has 30 heavy (non-hydrogen) atoms. The van der Waals surface area contributed by atoms with E-state index in [2.05, 4.69) is 5.32 Å². The molecule has 6 nitrogen and oxygen atoms in total. The fraction of sp³-hybridized carbons (Fsp3) is 0.364. The van der Waals surface area contributed by atoms with E-state index in [1.165, 1.54) is 0 Å². The van der Waals surface area contributed by atoms with E-state index in [9.17, 15) is 18.4 Å². The Morgan fingerprint density at radius 3 is 2.23 bits per heavy atom. The van der Waals surface area contributed by atoms with Gasteiger partial charge in [0.1, 0.15) is 17.4 Å². The first kappa shape index (κ1) is 21.7. The third-order valence-corrected chi connectivity index (χ3v) is 5.03. The highest BCUT2D eigenvalue weighted by Gasteiger charge is 2.22. The van der Waals surface area contributed by atoms with Crippen molar-refractivity contribution in [3.05, 3.63) is 59.7 Å². The number of amides is 2. The molecular formula is C22H25F2N3O3. The van der Waals surface area contributed by atoms with Gasteiger partial charge < -0.3 is 15.0 Å². The lowest BCUT2D eigenvalue weighted by Crippen LogP contribution is -2.50. The maximum absolute atomic E-state index is 13.2. The van der Waals surface area contributed by atoms with Crippen LogP contribution in [0.3, 0.4) is 0 Å². The Bertz CT molecular complexity index is 861. The third-order valence-electron chi connectivity index (χ3n) is 5.03. The zero-order valence-electron chi connectivity index (χ0n) is 16.9. The summed E-state index contributed by atoms with van der Waals surface area (Å²) >= 11 is 0. The first-order chi connectivity index (χ1) is 14.4. The minimum atomic E-state index is -0.743. The largest absolute Gasteiger partial charge is 0.497 e. The van der Waals surface area contributed by atoms with E-state index >= 15 is 0 Å². The van der Waals surface area contributed by atoms with Gasteiger partial charge >= 0.3 is 0 Å². The van der Waals surface area contributed by atoms with Crippen LogP contribution in [-0.2, 0) is 16.0 Å². The second-order valence-corrected chi connectivity index (χ2v) is 7.21. The lowest BCUT2D eigenvalue weighted by molar-refractivity contribution is -0.133. The number of aryl methyl sites for hydroxylation is 1. The summed E-state index contributed by atoms with van der Waals surface area (Å²) in [6.07, 6.45) is 1.09. The number of hydrogen-bond donors (Lipinski definition) is 1. The number of methoxy groups -OCH3 is 1. The highest BCUT2D eigenvalue weighted by molar-refractivity contribution is 5.92. The van der Waals surface area contributed by atoms with Gasteiger partial charge in [0, 0.05) is 44.4 Å². The van der Waals surface area contributed by atoms with Crippen molar-refractivity contribution < 1.29 is 23.1 Å². The molecule has 0 atom stereocenters. The van der Waals surface area contributed by atoms with E-state index < -0.39 is 11.6 Å². The Morgan fingerprint density at radius 1 is 1.00 bits per heavy atom. The summed E-state index contributed by atoms with van der Waals surface area (Å²) in [4.78, 5) is 28.3. The number of benzene rings is 2. The molecule has 0 aliphatic carbocycles. The molecule has 0 spiro atoms. The van der Waals surface area contributed by atoms with Crippen LogP contribution in [-0.4, -0.2) is 61.4 Å². The van der Waals surface area contributed by atoms with Gasteiger partial charge in [-0.1, -0.05) is 12.1 Å². The van der Waals surface area contributed by atoms with Crippen LogP contribution < -0.4 is 10.1 Å². The Morgan fingerprint density at radius 2 is 1.63 bits per heavy atom. The van der Waals surface area contributed by atoms with E-state index in [-0.39, 0.29) is 24.0 Å². The molecule has 0 radical (unpaired) electrons. The zero-order chi connectivity index (χ0) is 21.5. The van der Waals surface area contributed by atoms with Crippen LogP contribution in [0.15, 0.2) is 42.5 Å². The Balaban J connectivity index is 1.40. The summed E-state index contributed by atoms with van der Waals surface area (Å²) < 4.78 is 31.6. The van der Waals surface area contributed by atoms with Crippen molar-refractivity contribution in [2.24, 2.45) is 0 Å². The maximum Gasteiger partial charge on any atom is 0.238 e. The number of carbonyl (C=O) groups is 2. The average Bonchev–Trinajstić information content (AvgIpc) is 2.72. The normalized spacial score (nSPS) is 14.4. The maximum atomic E-state index is 13.2. The van der Waals surface area contributed by atoms with Crippen LogP contribution in [0.5, 0.6) is 5.75 Å². The van der Waals surface area contributed by atoms with Crippen molar-refractivity contribution in [3.8, 4) is 5.75 Å². The fourth-order valence-electron chi connectivity index (χ4n) is 3.39. The topological polar surface area (TPSA) is 61.9 Å². The van der Waals surface area contributed by atoms with Gasteiger partial charge in [0.2, 0.25) is 11.8 Å². The van der Waals surface area contributed by atoms with Gasteiger partial charge in [-0.15, -0.1) is 0 Å². The van der Waals surface area contributed by atoms with Crippen LogP contribution in [0, 0.1) is 11.6 Å². The number of anilines is 1. The standard InChI is InChI=1S/C22H25F2N3O3/c1-30-20-5-2-16(3-6-20)4-7-22(29)27-10-8-26(9-11-27)15-21(28)25-19-13-17(23)12-18(24)14-19/h2-3,5-6,12-14H,4,7-11,15H2,1H3,(H,25,28). The molecule has 2 aromatic rings. The van der Waals surface area contributed by atoms with E-state index in [4.69, 9.17) is 4.74 Å². The summed E-state index contributed by atoms with van der Waals surface area (Å²) in [6, 6.07) is 10.5. The quantitative estimate of drug-likeness (QED) is 0.753. The van der Waals surface area contributed by atoms with Crippen LogP contribution in [0.4, 0.5) is 14.5 Å². The molecule has 1 heterocycles. The molecule has 1 aliphatic heterocycles. The van der Waals surface area contributed by atoms with E-state index in [0.717, 1.165) is 29.5 Å². The van der Waals surface area contributed by atoms with E-state index in [1.54, 1.807) is 12.0 Å². The predicted molar refractivity (Wildman–Crippen MR) is 109 cm³/mol. The number of halogens is 2. The minimum Gasteiger partial charge on any atom is -0.497 e. The van der Waals surface area contributed by atoms with Gasteiger partial charge in [-0.05, 0) is 36.2 Å². The second-order valence-electron chi connectivity index (χ2n) is 7.21. The molecule has 8 heteroatoms. The van der Waals surface area contributed by atoms with Gasteiger partial charge in [0.15, 0.2) is 0 Å². The molecule has 0 unspecified atom stereocenters. The summed E-state index contributed by atoms with van der Waals surface area (Å²) in [6.45, 7) is 2.33. The second kappa shape index (κ2) is 10.2. The zero-order valence-corrected chi connectivity index (χ0v) is 16.9. The van der Waals surface area contributed by atoms with Crippen molar-refractivity contribution in [2.75, 3.05) is 45.2 Å². The molecule has 1 saturated heterocycles. The summed E-state index contributed by atoms with van der Waals surface area (Å²) in [5, 5.41) is 2.50. The number of rotatable bonds is 7. The highest BCUT2D eigenvalue weighted by Crippen LogP contribution is 2.15. The van der Waals surface area contributed by atoms with Crippen LogP contribution in [0.2, 0.25) is 0 Å². The van der Waals surface area contributed by atoms with Crippen molar-refractivity contribution in [1.29, 1.82) is 0 Å². The van der Waals surface area contributed by atoms with Crippen LogP contribution >= 0.6 is 0 Å². The number of hydrogen-bond acceptors (Lipinski definition) is 4. The number of ether oxygens (including phenoxy) is 1. The summed E-state index contributed by atoms with van der Waals surface area (Å²) in [5.74, 6) is -0.962. The van der Waals surface area contributed by atoms with Gasteiger partial charge in [-0.25, -0.2) is 8.78 Å². The lowest BCUT2D eigenvalue weighted by atomic mass is 10.1. The molecule has 1 N–H and O–H groups in total. The molecule has 0 saturated carbocycles. The van der Waals surface area contributed by atoms with Gasteiger partial charge in [-0.3, -0.25) is 14.5 Å². The molecule has 3 rings (SSSR count). The molecule has 2 aromatic carbocycles. The first-order valence-corrected chi connectivity index (χ1v) is 9.82. The van der Waals surface area contributed by atoms with Gasteiger partial charge in [0.05, 0.1) is 13.7 Å². The van der Waals surface area contributed by atoms with Crippen molar-refractivity contribution in [3.63, 3.8) is 0 Å². The number of carbonyl (C=O) groups excluding carboxylic acids is 2. The molecule has 160 valence electrons. The van der Waals surface area contributed by atoms with Crippen molar-refractivity contribution in [1.82, 2.24) is 9.80 Å². The third kappa shape index (κ3) is 6.25. The molecule has 0 bridgehead atoms. The molecule has 0 aromatic heterocycles. The Hall–Kier alpha value is -3.00. The Labute approximate surface area is 174 Å². The Kier molecular flexibility index (Phi) is 7.35. The minimum absolute atomic E-state index is 0.0878. The molecular weight excluding hydrogens is 392 g/mol. The van der Waals surface area contributed by atoms with E-state index in [0.29, 0.717) is 39.0 Å². The van der Waals surface area contributed by atoms with Gasteiger partial charge in [-0.2, -0.15) is 0 Å². The number of piperazine rings is 1. The van der Waals surface area contributed by atoms with Gasteiger partial charge in [0.25, 0.3) is 0 Å². The number of nitrogens with zero attached hydrogens (tertiary/aromatic N) is 2. The first-order valence-electron chi connectivity index (χ1n) is 9.82. The summed E-state index contributed by atoms with van der Waals surface area (Å²) in [7, 11) is 1.61. The molecule has 1 aliphatic rings. The average molecular weight is 417 g/mol. The fourth-order valence-corrected chi connectivity index (χ4v) is 3.39. The van der Waals surface area contributed by atoms with E-state index in [1.807, 2.05) is 29.2 Å². The monoisotopic (exact) mass is 417 g/mol. The smallest absolute Gasteiger partial charge is 0.238 e. The highest BCUT2D eigenvalue weighted by atomic mass is 19.1. The predicted octanol–water partition coefficient (Wildman–Crippen LogP) is 2.69. The lowest BCUT2D eigenvalue weighted by Gasteiger charge is -2.34. The SMILES string of the molecule is COc1ccc(CCC(=O)N2CCN(CC(=O)Nc3cc(F)cc(F)c3)CC2)cc1. The molecule has 1 fully saturated rings. The molecule has 2 amide bonds.